The average molecular weight is 315 g/mol. The quantitative estimate of drug-likeness (QED) is 0.395. The average Bonchev–Trinajstić information content (AvgIpc) is 2.55. The molecule has 0 unspecified atom stereocenters. The number of para-hydroxylation sites is 1. The third kappa shape index (κ3) is 7.48. The second-order valence-corrected chi connectivity index (χ2v) is 5.21. The lowest BCUT2D eigenvalue weighted by Gasteiger charge is -2.07. The number of carbonyl (C=O) groups is 1. The number of unbranched alkanes of at least 4 members (excludes halogenated alkanes) is 1. The number of nitrogens with one attached hydrogen (secondary N) is 2. The highest BCUT2D eigenvalue weighted by Gasteiger charge is 2.09. The summed E-state index contributed by atoms with van der Waals surface area (Å²) >= 11 is 0. The van der Waals surface area contributed by atoms with Crippen molar-refractivity contribution in [3.05, 3.63) is 41.6 Å². The third-order valence-electron chi connectivity index (χ3n) is 3.26. The van der Waals surface area contributed by atoms with Gasteiger partial charge in [0.25, 0.3) is 5.91 Å². The van der Waals surface area contributed by atoms with Gasteiger partial charge in [-0.05, 0) is 31.4 Å². The van der Waals surface area contributed by atoms with Crippen LogP contribution in [0.25, 0.3) is 0 Å². The van der Waals surface area contributed by atoms with Gasteiger partial charge in [0.1, 0.15) is 11.6 Å². The van der Waals surface area contributed by atoms with Crippen LogP contribution >= 0.6 is 0 Å². The van der Waals surface area contributed by atoms with Crippen LogP contribution in [0, 0.1) is 18.3 Å². The number of nitriles is 1. The van der Waals surface area contributed by atoms with Crippen molar-refractivity contribution in [2.75, 3.05) is 25.1 Å². The first-order chi connectivity index (χ1) is 11.2. The number of ether oxygens (including phenoxy) is 1. The summed E-state index contributed by atoms with van der Waals surface area (Å²) in [5, 5.41) is 14.8. The van der Waals surface area contributed by atoms with E-state index in [2.05, 4.69) is 17.6 Å². The van der Waals surface area contributed by atoms with E-state index in [4.69, 9.17) is 10.00 Å². The Hall–Kier alpha value is -2.32. The molecule has 1 aromatic rings. The van der Waals surface area contributed by atoms with Gasteiger partial charge in [-0.25, -0.2) is 0 Å². The first kappa shape index (κ1) is 18.7. The van der Waals surface area contributed by atoms with E-state index in [1.54, 1.807) is 0 Å². The van der Waals surface area contributed by atoms with E-state index in [-0.39, 0.29) is 5.57 Å². The van der Waals surface area contributed by atoms with Crippen LogP contribution in [-0.4, -0.2) is 25.7 Å². The van der Waals surface area contributed by atoms with Gasteiger partial charge < -0.3 is 15.4 Å². The molecule has 0 saturated carbocycles. The van der Waals surface area contributed by atoms with Crippen molar-refractivity contribution >= 4 is 11.6 Å². The molecule has 5 nitrogen and oxygen atoms in total. The van der Waals surface area contributed by atoms with Crippen molar-refractivity contribution in [1.29, 1.82) is 5.26 Å². The Morgan fingerprint density at radius 1 is 1.30 bits per heavy atom. The molecular formula is C18H25N3O2. The Kier molecular flexibility index (Phi) is 9.18. The van der Waals surface area contributed by atoms with Crippen LogP contribution < -0.4 is 10.6 Å². The van der Waals surface area contributed by atoms with Crippen LogP contribution in [0.5, 0.6) is 0 Å². The Labute approximate surface area is 138 Å². The maximum atomic E-state index is 12.1. The van der Waals surface area contributed by atoms with Crippen molar-refractivity contribution in [2.24, 2.45) is 0 Å². The molecular weight excluding hydrogens is 290 g/mol. The van der Waals surface area contributed by atoms with Crippen LogP contribution in [0.3, 0.4) is 0 Å². The van der Waals surface area contributed by atoms with Gasteiger partial charge in [-0.15, -0.1) is 0 Å². The maximum Gasteiger partial charge on any atom is 0.267 e. The number of aryl methyl sites for hydroxylation is 1. The predicted molar refractivity (Wildman–Crippen MR) is 91.9 cm³/mol. The highest BCUT2D eigenvalue weighted by molar-refractivity contribution is 6.06. The van der Waals surface area contributed by atoms with Crippen LogP contribution in [0.2, 0.25) is 0 Å². The number of anilines is 1. The van der Waals surface area contributed by atoms with Crippen LogP contribution in [-0.2, 0) is 9.53 Å². The summed E-state index contributed by atoms with van der Waals surface area (Å²) in [6.45, 7) is 6.16. The topological polar surface area (TPSA) is 74.1 Å². The van der Waals surface area contributed by atoms with Crippen molar-refractivity contribution in [3.63, 3.8) is 0 Å². The predicted octanol–water partition coefficient (Wildman–Crippen LogP) is 3.14. The highest BCUT2D eigenvalue weighted by atomic mass is 16.5. The molecule has 2 N–H and O–H groups in total. The molecule has 23 heavy (non-hydrogen) atoms. The number of hydrogen-bond donors (Lipinski definition) is 2. The molecule has 0 spiro atoms. The molecule has 1 aromatic carbocycles. The minimum atomic E-state index is -0.409. The van der Waals surface area contributed by atoms with E-state index >= 15 is 0 Å². The molecule has 5 heteroatoms. The summed E-state index contributed by atoms with van der Waals surface area (Å²) in [6, 6.07) is 9.37. The molecule has 0 heterocycles. The fourth-order valence-electron chi connectivity index (χ4n) is 1.85. The summed E-state index contributed by atoms with van der Waals surface area (Å²) in [7, 11) is 0. The van der Waals surface area contributed by atoms with E-state index in [0.29, 0.717) is 18.8 Å². The zero-order chi connectivity index (χ0) is 16.9. The van der Waals surface area contributed by atoms with Crippen LogP contribution in [0.15, 0.2) is 36.0 Å². The molecule has 0 atom stereocenters. The normalized spacial score (nSPS) is 10.9. The number of nitrogens with zero attached hydrogens (tertiary/aromatic N) is 1. The van der Waals surface area contributed by atoms with Gasteiger partial charge in [0.05, 0.1) is 0 Å². The van der Waals surface area contributed by atoms with Gasteiger partial charge in [-0.2, -0.15) is 5.26 Å². The van der Waals surface area contributed by atoms with Gasteiger partial charge >= 0.3 is 0 Å². The Balaban J connectivity index is 2.36. The largest absolute Gasteiger partial charge is 0.390 e. The van der Waals surface area contributed by atoms with Gasteiger partial charge in [-0.1, -0.05) is 31.5 Å². The smallest absolute Gasteiger partial charge is 0.267 e. The second kappa shape index (κ2) is 11.3. The van der Waals surface area contributed by atoms with Gasteiger partial charge in [-0.3, -0.25) is 4.79 Å². The molecule has 0 saturated heterocycles. The van der Waals surface area contributed by atoms with E-state index in [1.165, 1.54) is 6.20 Å². The van der Waals surface area contributed by atoms with Gasteiger partial charge in [0.2, 0.25) is 0 Å². The lowest BCUT2D eigenvalue weighted by atomic mass is 10.2. The monoisotopic (exact) mass is 315 g/mol. The Morgan fingerprint density at radius 3 is 2.74 bits per heavy atom. The van der Waals surface area contributed by atoms with E-state index < -0.39 is 5.91 Å². The van der Waals surface area contributed by atoms with Crippen molar-refractivity contribution in [1.82, 2.24) is 5.32 Å². The van der Waals surface area contributed by atoms with E-state index in [1.807, 2.05) is 37.3 Å². The van der Waals surface area contributed by atoms with Gasteiger partial charge in [0.15, 0.2) is 0 Å². The summed E-state index contributed by atoms with van der Waals surface area (Å²) in [5.74, 6) is -0.409. The van der Waals surface area contributed by atoms with Crippen molar-refractivity contribution < 1.29 is 9.53 Å². The van der Waals surface area contributed by atoms with E-state index in [9.17, 15) is 4.79 Å². The zero-order valence-corrected chi connectivity index (χ0v) is 13.9. The summed E-state index contributed by atoms with van der Waals surface area (Å²) in [4.78, 5) is 12.1. The SMILES string of the molecule is CCCCOCCCN/C=C(/C#N)C(=O)Nc1ccccc1C. The standard InChI is InChI=1S/C18H25N3O2/c1-3-4-11-23-12-7-10-20-14-16(13-19)18(22)21-17-9-6-5-8-15(17)2/h5-6,8-9,14,20H,3-4,7,10-12H2,1-2H3,(H,21,22)/b16-14-. The minimum Gasteiger partial charge on any atom is -0.390 e. The Morgan fingerprint density at radius 2 is 2.04 bits per heavy atom. The molecule has 0 aromatic heterocycles. The van der Waals surface area contributed by atoms with E-state index in [0.717, 1.165) is 31.4 Å². The molecule has 0 aliphatic rings. The third-order valence-corrected chi connectivity index (χ3v) is 3.26. The molecule has 1 rings (SSSR count). The summed E-state index contributed by atoms with van der Waals surface area (Å²) < 4.78 is 5.44. The van der Waals surface area contributed by atoms with Gasteiger partial charge in [0, 0.05) is 31.6 Å². The molecule has 0 aliphatic heterocycles. The van der Waals surface area contributed by atoms with Crippen molar-refractivity contribution in [3.8, 4) is 6.07 Å². The minimum absolute atomic E-state index is 0.0557. The number of carbonyl (C=O) groups excluding carboxylic acids is 1. The molecule has 0 radical (unpaired) electrons. The molecule has 124 valence electrons. The zero-order valence-electron chi connectivity index (χ0n) is 13.9. The fraction of sp³-hybridized carbons (Fsp3) is 0.444. The molecule has 0 fully saturated rings. The number of rotatable bonds is 10. The first-order valence-corrected chi connectivity index (χ1v) is 7.97. The lowest BCUT2D eigenvalue weighted by Crippen LogP contribution is -2.18. The number of hydrogen-bond acceptors (Lipinski definition) is 4. The lowest BCUT2D eigenvalue weighted by molar-refractivity contribution is -0.112. The highest BCUT2D eigenvalue weighted by Crippen LogP contribution is 2.13. The second-order valence-electron chi connectivity index (χ2n) is 5.21. The first-order valence-electron chi connectivity index (χ1n) is 7.97. The fourth-order valence-corrected chi connectivity index (χ4v) is 1.85. The van der Waals surface area contributed by atoms with Crippen LogP contribution in [0.1, 0.15) is 31.7 Å². The maximum absolute atomic E-state index is 12.1. The number of amides is 1. The summed E-state index contributed by atoms with van der Waals surface area (Å²) in [5.41, 5.74) is 1.72. The molecule has 0 bridgehead atoms. The van der Waals surface area contributed by atoms with Crippen LogP contribution in [0.4, 0.5) is 5.69 Å². The molecule has 1 amide bonds. The number of benzene rings is 1. The van der Waals surface area contributed by atoms with Crippen molar-refractivity contribution in [2.45, 2.75) is 33.1 Å². The molecule has 0 aliphatic carbocycles. The summed E-state index contributed by atoms with van der Waals surface area (Å²) in [6.07, 6.45) is 4.49. The Bertz CT molecular complexity index is 562.